The Kier molecular flexibility index (Phi) is 5.88. The lowest BCUT2D eigenvalue weighted by molar-refractivity contribution is 0.125. The van der Waals surface area contributed by atoms with Crippen molar-refractivity contribution in [2.75, 3.05) is 6.61 Å². The molecule has 0 aromatic heterocycles. The third kappa shape index (κ3) is 3.97. The van der Waals surface area contributed by atoms with E-state index in [9.17, 15) is 0 Å². The minimum atomic E-state index is -2.68. The molecule has 1 fully saturated rings. The molecule has 3 heteroatoms. The molecule has 1 aliphatic rings. The zero-order chi connectivity index (χ0) is 16.8. The van der Waals surface area contributed by atoms with Crippen molar-refractivity contribution in [1.29, 1.82) is 0 Å². The number of hydrogen-bond donors (Lipinski definition) is 0. The summed E-state index contributed by atoms with van der Waals surface area (Å²) in [5.41, 5.74) is 0. The highest BCUT2D eigenvalue weighted by Gasteiger charge is 2.45. The first kappa shape index (κ1) is 17.4. The largest absolute Gasteiger partial charge is 0.407 e. The summed E-state index contributed by atoms with van der Waals surface area (Å²) in [6.45, 7) is 5.12. The Morgan fingerprint density at radius 2 is 1.38 bits per heavy atom. The van der Waals surface area contributed by atoms with Gasteiger partial charge >= 0.3 is 8.56 Å². The average molecular weight is 341 g/mol. The maximum absolute atomic E-state index is 6.84. The smallest absolute Gasteiger partial charge is 0.387 e. The monoisotopic (exact) mass is 340 g/mol. The SMILES string of the molecule is CC(C)CO[Si](OC1CCCC1)(c1ccccc1)c1ccccc1. The highest BCUT2D eigenvalue weighted by Crippen LogP contribution is 2.25. The highest BCUT2D eigenvalue weighted by atomic mass is 28.4. The molecule has 0 amide bonds. The third-order valence-electron chi connectivity index (χ3n) is 4.56. The van der Waals surface area contributed by atoms with Crippen molar-refractivity contribution in [1.82, 2.24) is 0 Å². The van der Waals surface area contributed by atoms with Crippen molar-refractivity contribution < 1.29 is 8.85 Å². The molecule has 0 radical (unpaired) electrons. The molecule has 0 atom stereocenters. The zero-order valence-electron chi connectivity index (χ0n) is 14.8. The first-order valence-electron chi connectivity index (χ1n) is 9.13. The summed E-state index contributed by atoms with van der Waals surface area (Å²) < 4.78 is 13.5. The van der Waals surface area contributed by atoms with Crippen molar-refractivity contribution in [3.63, 3.8) is 0 Å². The predicted octanol–water partition coefficient (Wildman–Crippen LogP) is 3.87. The Bertz CT molecular complexity index is 567. The predicted molar refractivity (Wildman–Crippen MR) is 102 cm³/mol. The van der Waals surface area contributed by atoms with Crippen LogP contribution in [0.3, 0.4) is 0 Å². The molecule has 2 aromatic rings. The van der Waals surface area contributed by atoms with Crippen LogP contribution in [-0.4, -0.2) is 21.3 Å². The van der Waals surface area contributed by atoms with Crippen molar-refractivity contribution in [2.45, 2.75) is 45.6 Å². The normalized spacial score (nSPS) is 16.0. The van der Waals surface area contributed by atoms with E-state index in [1.165, 1.54) is 23.2 Å². The third-order valence-corrected chi connectivity index (χ3v) is 7.99. The van der Waals surface area contributed by atoms with Crippen molar-refractivity contribution in [3.05, 3.63) is 60.7 Å². The first-order chi connectivity index (χ1) is 11.7. The second-order valence-corrected chi connectivity index (χ2v) is 9.99. The van der Waals surface area contributed by atoms with Gasteiger partial charge in [0.05, 0.1) is 0 Å². The Hall–Kier alpha value is -1.42. The summed E-state index contributed by atoms with van der Waals surface area (Å²) >= 11 is 0. The van der Waals surface area contributed by atoms with Crippen LogP contribution >= 0.6 is 0 Å². The van der Waals surface area contributed by atoms with Gasteiger partial charge in [-0.3, -0.25) is 0 Å². The van der Waals surface area contributed by atoms with E-state index in [4.69, 9.17) is 8.85 Å². The molecule has 0 N–H and O–H groups in total. The minimum absolute atomic E-state index is 0.323. The molecule has 0 bridgehead atoms. The summed E-state index contributed by atoms with van der Waals surface area (Å²) in [6.07, 6.45) is 5.16. The molecule has 2 aromatic carbocycles. The molecular weight excluding hydrogens is 312 g/mol. The fourth-order valence-electron chi connectivity index (χ4n) is 3.34. The van der Waals surface area contributed by atoms with E-state index >= 15 is 0 Å². The highest BCUT2D eigenvalue weighted by molar-refractivity contribution is 6.92. The van der Waals surface area contributed by atoms with Crippen molar-refractivity contribution in [3.8, 4) is 0 Å². The van der Waals surface area contributed by atoms with Gasteiger partial charge in [-0.15, -0.1) is 0 Å². The summed E-state index contributed by atoms with van der Waals surface area (Å²) in [4.78, 5) is 0. The van der Waals surface area contributed by atoms with Crippen LogP contribution in [0.5, 0.6) is 0 Å². The lowest BCUT2D eigenvalue weighted by Crippen LogP contribution is -2.64. The molecule has 3 rings (SSSR count). The summed E-state index contributed by atoms with van der Waals surface area (Å²) in [6, 6.07) is 21.2. The standard InChI is InChI=1S/C21H28O2Si/c1-18(2)17-22-24(20-13-5-3-6-14-20,21-15-7-4-8-16-21)23-19-11-9-10-12-19/h3-8,13-16,18-19H,9-12,17H2,1-2H3. The number of rotatable bonds is 7. The van der Waals surface area contributed by atoms with E-state index in [0.717, 1.165) is 19.4 Å². The van der Waals surface area contributed by atoms with Crippen molar-refractivity contribution in [2.24, 2.45) is 5.92 Å². The van der Waals surface area contributed by atoms with Crippen LogP contribution in [0.25, 0.3) is 0 Å². The topological polar surface area (TPSA) is 18.5 Å². The summed E-state index contributed by atoms with van der Waals surface area (Å²) in [7, 11) is -2.68. The fraction of sp³-hybridized carbons (Fsp3) is 0.429. The number of benzene rings is 2. The van der Waals surface area contributed by atoms with E-state index in [0.29, 0.717) is 12.0 Å². The summed E-state index contributed by atoms with van der Waals surface area (Å²) in [5.74, 6) is 0.483. The van der Waals surface area contributed by atoms with Gasteiger partial charge in [-0.05, 0) is 29.1 Å². The molecule has 2 nitrogen and oxygen atoms in total. The van der Waals surface area contributed by atoms with Crippen LogP contribution < -0.4 is 10.4 Å². The molecule has 0 spiro atoms. The first-order valence-corrected chi connectivity index (χ1v) is 10.9. The Morgan fingerprint density at radius 1 is 0.875 bits per heavy atom. The lowest BCUT2D eigenvalue weighted by atomic mass is 10.2. The van der Waals surface area contributed by atoms with Gasteiger partial charge in [0, 0.05) is 12.7 Å². The van der Waals surface area contributed by atoms with Crippen LogP contribution in [0.1, 0.15) is 39.5 Å². The maximum atomic E-state index is 6.84. The van der Waals surface area contributed by atoms with Crippen LogP contribution in [0.4, 0.5) is 0 Å². The van der Waals surface area contributed by atoms with E-state index < -0.39 is 8.56 Å². The second-order valence-electron chi connectivity index (χ2n) is 7.08. The maximum Gasteiger partial charge on any atom is 0.407 e. The molecule has 1 aliphatic carbocycles. The molecule has 0 saturated heterocycles. The van der Waals surface area contributed by atoms with Crippen LogP contribution in [-0.2, 0) is 8.85 Å². The molecular formula is C21H28O2Si. The van der Waals surface area contributed by atoms with E-state index in [-0.39, 0.29) is 0 Å². The Labute approximate surface area is 147 Å². The van der Waals surface area contributed by atoms with Crippen LogP contribution in [0, 0.1) is 5.92 Å². The molecule has 1 saturated carbocycles. The average Bonchev–Trinajstić information content (AvgIpc) is 3.13. The van der Waals surface area contributed by atoms with Gasteiger partial charge in [0.1, 0.15) is 0 Å². The summed E-state index contributed by atoms with van der Waals surface area (Å²) in [5, 5.41) is 2.42. The Morgan fingerprint density at radius 3 is 1.83 bits per heavy atom. The Balaban J connectivity index is 2.03. The molecule has 0 aliphatic heterocycles. The van der Waals surface area contributed by atoms with E-state index in [1.54, 1.807) is 0 Å². The van der Waals surface area contributed by atoms with Gasteiger partial charge in [-0.25, -0.2) is 0 Å². The van der Waals surface area contributed by atoms with Crippen LogP contribution in [0.2, 0.25) is 0 Å². The number of hydrogen-bond acceptors (Lipinski definition) is 2. The minimum Gasteiger partial charge on any atom is -0.387 e. The van der Waals surface area contributed by atoms with Gasteiger partial charge in [0.2, 0.25) is 0 Å². The quantitative estimate of drug-likeness (QED) is 0.712. The molecule has 128 valence electrons. The molecule has 0 unspecified atom stereocenters. The van der Waals surface area contributed by atoms with Crippen LogP contribution in [0.15, 0.2) is 60.7 Å². The molecule has 0 heterocycles. The zero-order valence-corrected chi connectivity index (χ0v) is 15.8. The van der Waals surface area contributed by atoms with Gasteiger partial charge in [0.25, 0.3) is 0 Å². The molecule has 24 heavy (non-hydrogen) atoms. The van der Waals surface area contributed by atoms with E-state index in [2.05, 4.69) is 74.5 Å². The second kappa shape index (κ2) is 8.10. The van der Waals surface area contributed by atoms with Gasteiger partial charge in [-0.2, -0.15) is 0 Å². The lowest BCUT2D eigenvalue weighted by Gasteiger charge is -2.34. The van der Waals surface area contributed by atoms with Gasteiger partial charge < -0.3 is 8.85 Å². The fourth-order valence-corrected chi connectivity index (χ4v) is 6.89. The van der Waals surface area contributed by atoms with Gasteiger partial charge in [-0.1, -0.05) is 87.4 Å². The van der Waals surface area contributed by atoms with Crippen molar-refractivity contribution >= 4 is 18.9 Å². The van der Waals surface area contributed by atoms with Gasteiger partial charge in [0.15, 0.2) is 0 Å². The van der Waals surface area contributed by atoms with E-state index in [1.807, 2.05) is 0 Å².